The van der Waals surface area contributed by atoms with Crippen LogP contribution in [0, 0.1) is 0 Å². The van der Waals surface area contributed by atoms with E-state index in [1.165, 1.54) is 0 Å². The van der Waals surface area contributed by atoms with E-state index in [4.69, 9.17) is 0 Å². The minimum absolute atomic E-state index is 0.0411. The van der Waals surface area contributed by atoms with Gasteiger partial charge in [-0.05, 0) is 12.8 Å². The van der Waals surface area contributed by atoms with Gasteiger partial charge >= 0.3 is 0 Å². The molecule has 0 spiro atoms. The van der Waals surface area contributed by atoms with Gasteiger partial charge in [0.1, 0.15) is 0 Å². The van der Waals surface area contributed by atoms with Gasteiger partial charge in [0.05, 0.1) is 12.0 Å². The number of amides is 1. The van der Waals surface area contributed by atoms with E-state index in [0.717, 1.165) is 12.8 Å². The molecule has 0 aliphatic carbocycles. The molecule has 0 saturated carbocycles. The summed E-state index contributed by atoms with van der Waals surface area (Å²) in [6.07, 6.45) is 5.96. The molecular formula is C9H13NO. The first-order chi connectivity index (χ1) is 5.22. The van der Waals surface area contributed by atoms with Crippen LogP contribution in [0.15, 0.2) is 25.3 Å². The van der Waals surface area contributed by atoms with Gasteiger partial charge in [0.15, 0.2) is 0 Å². The molecule has 60 valence electrons. The maximum absolute atomic E-state index is 10.7. The Balaban J connectivity index is 2.51. The van der Waals surface area contributed by atoms with Gasteiger partial charge in [0.25, 0.3) is 0 Å². The summed E-state index contributed by atoms with van der Waals surface area (Å²) in [7, 11) is 0. The van der Waals surface area contributed by atoms with Gasteiger partial charge in [-0.2, -0.15) is 0 Å². The molecule has 1 fully saturated rings. The largest absolute Gasteiger partial charge is 0.349 e. The van der Waals surface area contributed by atoms with Crippen LogP contribution in [0.1, 0.15) is 19.3 Å². The predicted molar refractivity (Wildman–Crippen MR) is 45.1 cm³/mol. The van der Waals surface area contributed by atoms with E-state index in [-0.39, 0.29) is 11.4 Å². The zero-order valence-corrected chi connectivity index (χ0v) is 6.60. The van der Waals surface area contributed by atoms with Crippen molar-refractivity contribution in [2.75, 3.05) is 0 Å². The summed E-state index contributed by atoms with van der Waals surface area (Å²) in [6, 6.07) is 0. The van der Waals surface area contributed by atoms with Crippen LogP contribution >= 0.6 is 0 Å². The van der Waals surface area contributed by atoms with Crippen molar-refractivity contribution in [1.82, 2.24) is 5.32 Å². The van der Waals surface area contributed by atoms with Crippen molar-refractivity contribution in [3.63, 3.8) is 0 Å². The van der Waals surface area contributed by atoms with Crippen LogP contribution in [-0.2, 0) is 4.79 Å². The fraction of sp³-hybridized carbons (Fsp3) is 0.444. The Morgan fingerprint density at radius 2 is 1.91 bits per heavy atom. The van der Waals surface area contributed by atoms with Gasteiger partial charge < -0.3 is 5.32 Å². The lowest BCUT2D eigenvalue weighted by molar-refractivity contribution is -0.132. The summed E-state index contributed by atoms with van der Waals surface area (Å²) >= 11 is 0. The molecule has 1 saturated heterocycles. The summed E-state index contributed by atoms with van der Waals surface area (Å²) in [5, 5.41) is 2.88. The second-order valence-electron chi connectivity index (χ2n) is 2.99. The molecule has 1 aliphatic rings. The quantitative estimate of drug-likeness (QED) is 0.477. The second kappa shape index (κ2) is 2.91. The van der Waals surface area contributed by atoms with E-state index in [0.29, 0.717) is 6.42 Å². The highest BCUT2D eigenvalue weighted by Crippen LogP contribution is 2.28. The Morgan fingerprint density at radius 1 is 1.45 bits per heavy atom. The lowest BCUT2D eigenvalue weighted by Gasteiger charge is -2.41. The third-order valence-corrected chi connectivity index (χ3v) is 1.97. The molecule has 0 unspecified atom stereocenters. The number of rotatable bonds is 4. The predicted octanol–water partition coefficient (Wildman–Crippen LogP) is 1.40. The van der Waals surface area contributed by atoms with E-state index < -0.39 is 0 Å². The molecule has 2 heteroatoms. The second-order valence-corrected chi connectivity index (χ2v) is 2.99. The fourth-order valence-corrected chi connectivity index (χ4v) is 1.47. The maximum Gasteiger partial charge on any atom is 0.222 e. The fourth-order valence-electron chi connectivity index (χ4n) is 1.47. The molecule has 1 aliphatic heterocycles. The molecule has 0 aromatic carbocycles. The minimum atomic E-state index is -0.0411. The third kappa shape index (κ3) is 1.50. The van der Waals surface area contributed by atoms with E-state index in [2.05, 4.69) is 18.5 Å². The Morgan fingerprint density at radius 3 is 2.18 bits per heavy atom. The molecule has 0 aromatic heterocycles. The molecule has 0 atom stereocenters. The number of carbonyl (C=O) groups excluding carboxylic acids is 1. The van der Waals surface area contributed by atoms with Crippen LogP contribution in [0.4, 0.5) is 0 Å². The molecule has 0 radical (unpaired) electrons. The Kier molecular flexibility index (Phi) is 2.13. The molecule has 11 heavy (non-hydrogen) atoms. The highest BCUT2D eigenvalue weighted by molar-refractivity contribution is 5.84. The summed E-state index contributed by atoms with van der Waals surface area (Å²) in [6.45, 7) is 7.30. The van der Waals surface area contributed by atoms with E-state index >= 15 is 0 Å². The number of hydrogen-bond acceptors (Lipinski definition) is 1. The smallest absolute Gasteiger partial charge is 0.222 e. The summed E-state index contributed by atoms with van der Waals surface area (Å²) in [5.74, 6) is 0.133. The van der Waals surface area contributed by atoms with Crippen molar-refractivity contribution in [2.45, 2.75) is 24.8 Å². The molecule has 1 rings (SSSR count). The first kappa shape index (κ1) is 8.05. The zero-order chi connectivity index (χ0) is 8.32. The molecule has 1 N–H and O–H groups in total. The van der Waals surface area contributed by atoms with Crippen molar-refractivity contribution in [3.8, 4) is 0 Å². The standard InChI is InChI=1S/C9H13NO/c1-3-5-9(6-4-2)7-8(11)10-9/h3-4H,1-2,5-7H2,(H,10,11). The first-order valence-corrected chi connectivity index (χ1v) is 3.75. The monoisotopic (exact) mass is 151 g/mol. The van der Waals surface area contributed by atoms with Crippen LogP contribution < -0.4 is 5.32 Å². The van der Waals surface area contributed by atoms with E-state index in [9.17, 15) is 4.79 Å². The summed E-state index contributed by atoms with van der Waals surface area (Å²) in [5.41, 5.74) is -0.0411. The Hall–Kier alpha value is -1.05. The zero-order valence-electron chi connectivity index (χ0n) is 6.60. The summed E-state index contributed by atoms with van der Waals surface area (Å²) < 4.78 is 0. The lowest BCUT2D eigenvalue weighted by atomic mass is 9.81. The average molecular weight is 151 g/mol. The molecule has 2 nitrogen and oxygen atoms in total. The first-order valence-electron chi connectivity index (χ1n) is 3.75. The maximum atomic E-state index is 10.7. The van der Waals surface area contributed by atoms with Crippen molar-refractivity contribution < 1.29 is 4.79 Å². The molecule has 1 heterocycles. The minimum Gasteiger partial charge on any atom is -0.349 e. The van der Waals surface area contributed by atoms with Crippen molar-refractivity contribution >= 4 is 5.91 Å². The number of hydrogen-bond donors (Lipinski definition) is 1. The van der Waals surface area contributed by atoms with Gasteiger partial charge in [-0.1, -0.05) is 12.2 Å². The molecule has 0 bridgehead atoms. The van der Waals surface area contributed by atoms with Crippen molar-refractivity contribution in [2.24, 2.45) is 0 Å². The van der Waals surface area contributed by atoms with Crippen molar-refractivity contribution in [1.29, 1.82) is 0 Å². The van der Waals surface area contributed by atoms with E-state index in [1.807, 2.05) is 12.2 Å². The van der Waals surface area contributed by atoms with E-state index in [1.54, 1.807) is 0 Å². The molecular weight excluding hydrogens is 138 g/mol. The van der Waals surface area contributed by atoms with Crippen molar-refractivity contribution in [3.05, 3.63) is 25.3 Å². The highest BCUT2D eigenvalue weighted by Gasteiger charge is 2.40. The topological polar surface area (TPSA) is 29.1 Å². The number of nitrogens with one attached hydrogen (secondary N) is 1. The summed E-state index contributed by atoms with van der Waals surface area (Å²) in [4.78, 5) is 10.7. The van der Waals surface area contributed by atoms with Crippen LogP contribution in [0.5, 0.6) is 0 Å². The van der Waals surface area contributed by atoms with Gasteiger partial charge in [-0.3, -0.25) is 4.79 Å². The number of β-lactam (4-membered cyclic amide) rings is 1. The SMILES string of the molecule is C=CCC1(CC=C)CC(=O)N1. The average Bonchev–Trinajstić information content (AvgIpc) is 1.86. The van der Waals surface area contributed by atoms with Crippen LogP contribution in [0.3, 0.4) is 0 Å². The van der Waals surface area contributed by atoms with Crippen LogP contribution in [0.2, 0.25) is 0 Å². The lowest BCUT2D eigenvalue weighted by Crippen LogP contribution is -2.60. The van der Waals surface area contributed by atoms with Gasteiger partial charge in [-0.25, -0.2) is 0 Å². The third-order valence-electron chi connectivity index (χ3n) is 1.97. The van der Waals surface area contributed by atoms with Crippen LogP contribution in [0.25, 0.3) is 0 Å². The Bertz CT molecular complexity index is 168. The highest BCUT2D eigenvalue weighted by atomic mass is 16.2. The molecule has 0 aromatic rings. The van der Waals surface area contributed by atoms with Crippen LogP contribution in [-0.4, -0.2) is 11.4 Å². The number of carbonyl (C=O) groups is 1. The van der Waals surface area contributed by atoms with Gasteiger partial charge in [0.2, 0.25) is 5.91 Å². The normalized spacial score (nSPS) is 19.8. The molecule has 1 amide bonds. The Labute approximate surface area is 67.0 Å². The van der Waals surface area contributed by atoms with Gasteiger partial charge in [0, 0.05) is 0 Å². The van der Waals surface area contributed by atoms with Gasteiger partial charge in [-0.15, -0.1) is 13.2 Å².